The van der Waals surface area contributed by atoms with E-state index < -0.39 is 0 Å². The zero-order valence-electron chi connectivity index (χ0n) is 16.2. The van der Waals surface area contributed by atoms with Gasteiger partial charge in [0.2, 0.25) is 0 Å². The van der Waals surface area contributed by atoms with Gasteiger partial charge >= 0.3 is 0 Å². The molecule has 146 valence electrons. The Morgan fingerprint density at radius 2 is 1.75 bits per heavy atom. The average molecular weight is 400 g/mol. The van der Waals surface area contributed by atoms with Crippen molar-refractivity contribution >= 4 is 17.5 Å². The summed E-state index contributed by atoms with van der Waals surface area (Å²) >= 11 is 6.21. The zero-order chi connectivity index (χ0) is 20.3. The third kappa shape index (κ3) is 3.97. The van der Waals surface area contributed by atoms with Crippen LogP contribution in [0.2, 0.25) is 5.02 Å². The number of carbonyl (C=O) groups is 1. The van der Waals surface area contributed by atoms with Gasteiger partial charge in [0.1, 0.15) is 0 Å². The number of hydrogen-bond donors (Lipinski definition) is 1. The van der Waals surface area contributed by atoms with E-state index in [4.69, 9.17) is 21.1 Å². The predicted octanol–water partition coefficient (Wildman–Crippen LogP) is 4.09. The molecule has 0 aliphatic carbocycles. The molecule has 7 heteroatoms. The topological polar surface area (TPSA) is 65.4 Å². The molecule has 0 radical (unpaired) electrons. The highest BCUT2D eigenvalue weighted by Gasteiger charge is 2.12. The summed E-state index contributed by atoms with van der Waals surface area (Å²) in [4.78, 5) is 12.5. The maximum atomic E-state index is 12.5. The van der Waals surface area contributed by atoms with Crippen molar-refractivity contribution in [3.63, 3.8) is 0 Å². The van der Waals surface area contributed by atoms with Gasteiger partial charge in [0.15, 0.2) is 11.5 Å². The van der Waals surface area contributed by atoms with Gasteiger partial charge in [0.25, 0.3) is 5.91 Å². The average Bonchev–Trinajstić information content (AvgIpc) is 2.99. The molecule has 0 aliphatic rings. The van der Waals surface area contributed by atoms with E-state index >= 15 is 0 Å². The Bertz CT molecular complexity index is 997. The molecule has 6 nitrogen and oxygen atoms in total. The minimum absolute atomic E-state index is 0.160. The van der Waals surface area contributed by atoms with E-state index in [2.05, 4.69) is 10.4 Å². The van der Waals surface area contributed by atoms with Crippen LogP contribution in [0.1, 0.15) is 27.3 Å². The fraction of sp³-hybridized carbons (Fsp3) is 0.238. The molecule has 0 atom stereocenters. The molecular weight excluding hydrogens is 378 g/mol. The first-order valence-corrected chi connectivity index (χ1v) is 9.13. The van der Waals surface area contributed by atoms with Crippen molar-refractivity contribution in [2.24, 2.45) is 0 Å². The first-order chi connectivity index (χ1) is 13.4. The number of rotatable bonds is 6. The molecule has 3 rings (SSSR count). The van der Waals surface area contributed by atoms with Crippen LogP contribution in [0.15, 0.2) is 42.5 Å². The second kappa shape index (κ2) is 8.35. The van der Waals surface area contributed by atoms with Crippen LogP contribution in [0.5, 0.6) is 11.5 Å². The highest BCUT2D eigenvalue weighted by atomic mass is 35.5. The van der Waals surface area contributed by atoms with Gasteiger partial charge in [-0.25, -0.2) is 4.68 Å². The van der Waals surface area contributed by atoms with Gasteiger partial charge in [-0.2, -0.15) is 5.10 Å². The quantitative estimate of drug-likeness (QED) is 0.678. The lowest BCUT2D eigenvalue weighted by molar-refractivity contribution is 0.0951. The fourth-order valence-corrected chi connectivity index (χ4v) is 3.02. The normalized spacial score (nSPS) is 10.6. The lowest BCUT2D eigenvalue weighted by Crippen LogP contribution is -2.22. The number of nitrogens with zero attached hydrogens (tertiary/aromatic N) is 2. The van der Waals surface area contributed by atoms with Gasteiger partial charge in [-0.1, -0.05) is 17.7 Å². The summed E-state index contributed by atoms with van der Waals surface area (Å²) < 4.78 is 12.3. The smallest absolute Gasteiger partial charge is 0.251 e. The standard InChI is InChI=1S/C21H22ClN3O3/c1-13-20(22)14(2)25(24-13)17-8-6-16(7-9-17)21(26)23-12-15-5-10-18(27-3)19(11-15)28-4/h5-11H,12H2,1-4H3,(H,23,26). The summed E-state index contributed by atoms with van der Waals surface area (Å²) in [7, 11) is 3.17. The van der Waals surface area contributed by atoms with Crippen LogP contribution >= 0.6 is 11.6 Å². The Hall–Kier alpha value is -2.99. The molecule has 1 N–H and O–H groups in total. The number of nitrogens with one attached hydrogen (secondary N) is 1. The highest BCUT2D eigenvalue weighted by molar-refractivity contribution is 6.31. The molecule has 0 fully saturated rings. The summed E-state index contributed by atoms with van der Waals surface area (Å²) in [6.45, 7) is 4.15. The SMILES string of the molecule is COc1ccc(CNC(=O)c2ccc(-n3nc(C)c(Cl)c3C)cc2)cc1OC. The Morgan fingerprint density at radius 1 is 1.07 bits per heavy atom. The summed E-state index contributed by atoms with van der Waals surface area (Å²) in [5.74, 6) is 1.12. The van der Waals surface area contributed by atoms with Gasteiger partial charge in [-0.15, -0.1) is 0 Å². The number of methoxy groups -OCH3 is 2. The van der Waals surface area contributed by atoms with Crippen molar-refractivity contribution in [2.45, 2.75) is 20.4 Å². The number of benzene rings is 2. The number of amides is 1. The van der Waals surface area contributed by atoms with E-state index in [1.807, 2.05) is 44.2 Å². The lowest BCUT2D eigenvalue weighted by Gasteiger charge is -2.11. The molecule has 1 amide bonds. The number of halogens is 1. The Morgan fingerprint density at radius 3 is 2.32 bits per heavy atom. The number of aromatic nitrogens is 2. The fourth-order valence-electron chi connectivity index (χ4n) is 2.90. The predicted molar refractivity (Wildman–Crippen MR) is 109 cm³/mol. The molecule has 3 aromatic rings. The Kier molecular flexibility index (Phi) is 5.90. The molecule has 28 heavy (non-hydrogen) atoms. The van der Waals surface area contributed by atoms with Crippen molar-refractivity contribution < 1.29 is 14.3 Å². The van der Waals surface area contributed by atoms with E-state index in [0.717, 1.165) is 22.6 Å². The van der Waals surface area contributed by atoms with E-state index in [0.29, 0.717) is 28.6 Å². The second-order valence-corrected chi connectivity index (χ2v) is 6.69. The minimum atomic E-state index is -0.160. The van der Waals surface area contributed by atoms with Crippen LogP contribution in [0.3, 0.4) is 0 Å². The molecule has 2 aromatic carbocycles. The Labute approximate surface area is 169 Å². The van der Waals surface area contributed by atoms with Crippen LogP contribution in [-0.4, -0.2) is 29.9 Å². The van der Waals surface area contributed by atoms with Crippen LogP contribution in [0.25, 0.3) is 5.69 Å². The van der Waals surface area contributed by atoms with Crippen molar-refractivity contribution in [1.82, 2.24) is 15.1 Å². The van der Waals surface area contributed by atoms with Gasteiger partial charge in [0, 0.05) is 12.1 Å². The molecule has 0 unspecified atom stereocenters. The summed E-state index contributed by atoms with van der Waals surface area (Å²) in [5.41, 5.74) is 3.97. The van der Waals surface area contributed by atoms with E-state index in [1.165, 1.54) is 0 Å². The summed E-state index contributed by atoms with van der Waals surface area (Å²) in [6.07, 6.45) is 0. The first-order valence-electron chi connectivity index (χ1n) is 8.76. The minimum Gasteiger partial charge on any atom is -0.493 e. The molecule has 0 spiro atoms. The number of hydrogen-bond acceptors (Lipinski definition) is 4. The summed E-state index contributed by atoms with van der Waals surface area (Å²) in [5, 5.41) is 7.98. The zero-order valence-corrected chi connectivity index (χ0v) is 17.0. The van der Waals surface area contributed by atoms with Crippen LogP contribution in [0, 0.1) is 13.8 Å². The first kappa shape index (κ1) is 19.8. The van der Waals surface area contributed by atoms with Gasteiger partial charge in [-0.05, 0) is 55.8 Å². The highest BCUT2D eigenvalue weighted by Crippen LogP contribution is 2.27. The molecule has 1 heterocycles. The number of carbonyl (C=O) groups excluding carboxylic acids is 1. The third-order valence-electron chi connectivity index (χ3n) is 4.48. The monoisotopic (exact) mass is 399 g/mol. The molecule has 0 aliphatic heterocycles. The molecule has 0 saturated heterocycles. The van der Waals surface area contributed by atoms with E-state index in [1.54, 1.807) is 31.0 Å². The summed E-state index contributed by atoms with van der Waals surface area (Å²) in [6, 6.07) is 12.8. The van der Waals surface area contributed by atoms with Crippen LogP contribution in [-0.2, 0) is 6.54 Å². The third-order valence-corrected chi connectivity index (χ3v) is 5.03. The van der Waals surface area contributed by atoms with Crippen LogP contribution in [0.4, 0.5) is 0 Å². The largest absolute Gasteiger partial charge is 0.493 e. The molecule has 0 saturated carbocycles. The Balaban J connectivity index is 1.69. The van der Waals surface area contributed by atoms with Crippen molar-refractivity contribution in [1.29, 1.82) is 0 Å². The molecule has 1 aromatic heterocycles. The maximum Gasteiger partial charge on any atom is 0.251 e. The van der Waals surface area contributed by atoms with Crippen molar-refractivity contribution in [2.75, 3.05) is 14.2 Å². The molecular formula is C21H22ClN3O3. The molecule has 0 bridgehead atoms. The maximum absolute atomic E-state index is 12.5. The number of aryl methyl sites for hydroxylation is 1. The van der Waals surface area contributed by atoms with Gasteiger partial charge in [-0.3, -0.25) is 4.79 Å². The van der Waals surface area contributed by atoms with E-state index in [9.17, 15) is 4.79 Å². The van der Waals surface area contributed by atoms with Gasteiger partial charge < -0.3 is 14.8 Å². The van der Waals surface area contributed by atoms with Crippen molar-refractivity contribution in [3.8, 4) is 17.2 Å². The van der Waals surface area contributed by atoms with Crippen molar-refractivity contribution in [3.05, 3.63) is 70.0 Å². The van der Waals surface area contributed by atoms with E-state index in [-0.39, 0.29) is 5.91 Å². The second-order valence-electron chi connectivity index (χ2n) is 6.32. The number of ether oxygens (including phenoxy) is 2. The van der Waals surface area contributed by atoms with Gasteiger partial charge in [0.05, 0.1) is 36.3 Å². The van der Waals surface area contributed by atoms with Crippen LogP contribution < -0.4 is 14.8 Å². The lowest BCUT2D eigenvalue weighted by atomic mass is 10.1.